The van der Waals surface area contributed by atoms with Crippen molar-refractivity contribution in [1.82, 2.24) is 4.90 Å². The summed E-state index contributed by atoms with van der Waals surface area (Å²) < 4.78 is 0. The van der Waals surface area contributed by atoms with Gasteiger partial charge < -0.3 is 16.0 Å². The first-order valence-electron chi connectivity index (χ1n) is 5.50. The van der Waals surface area contributed by atoms with E-state index < -0.39 is 0 Å². The number of likely N-dealkylation sites (tertiary alicyclic amines) is 1. The molecule has 1 atom stereocenters. The number of hydrogen-bond acceptors (Lipinski definition) is 3. The van der Waals surface area contributed by atoms with E-state index in [2.05, 4.69) is 5.32 Å². The number of carbonyl (C=O) groups excluding carboxylic acids is 1. The Bertz CT molecular complexity index is 449. The molecule has 2 amide bonds. The van der Waals surface area contributed by atoms with E-state index in [1.165, 1.54) is 0 Å². The van der Waals surface area contributed by atoms with Crippen molar-refractivity contribution in [3.05, 3.63) is 29.8 Å². The molecule has 1 aliphatic heterocycles. The summed E-state index contributed by atoms with van der Waals surface area (Å²) in [6.45, 7) is 1.30. The zero-order valence-corrected chi connectivity index (χ0v) is 9.39. The Morgan fingerprint density at radius 1 is 1.47 bits per heavy atom. The van der Waals surface area contributed by atoms with E-state index in [9.17, 15) is 4.79 Å². The molecule has 0 aromatic heterocycles. The van der Waals surface area contributed by atoms with Crippen LogP contribution in [0.1, 0.15) is 12.0 Å². The Hall–Kier alpha value is -2.06. The Morgan fingerprint density at radius 3 is 2.71 bits per heavy atom. The van der Waals surface area contributed by atoms with Crippen LogP contribution in [0.25, 0.3) is 0 Å². The number of carbonyl (C=O) groups is 1. The molecule has 0 aliphatic carbocycles. The normalized spacial score (nSPS) is 18.8. The average Bonchev–Trinajstić information content (AvgIpc) is 2.77. The van der Waals surface area contributed by atoms with Crippen LogP contribution < -0.4 is 11.1 Å². The van der Waals surface area contributed by atoms with Gasteiger partial charge in [-0.1, -0.05) is 0 Å². The summed E-state index contributed by atoms with van der Waals surface area (Å²) in [6.07, 6.45) is 0.848. The van der Waals surface area contributed by atoms with Crippen molar-refractivity contribution in [2.24, 2.45) is 5.73 Å². The Balaban J connectivity index is 1.96. The van der Waals surface area contributed by atoms with E-state index in [0.29, 0.717) is 24.3 Å². The largest absolute Gasteiger partial charge is 0.326 e. The molecule has 1 aliphatic rings. The number of nitrogens with two attached hydrogens (primary N) is 1. The molecular formula is C12H14N4O. The monoisotopic (exact) mass is 230 g/mol. The molecule has 1 aromatic carbocycles. The van der Waals surface area contributed by atoms with Gasteiger partial charge in [0.1, 0.15) is 0 Å². The van der Waals surface area contributed by atoms with Gasteiger partial charge in [0.15, 0.2) is 0 Å². The third kappa shape index (κ3) is 2.74. The first-order valence-corrected chi connectivity index (χ1v) is 5.50. The van der Waals surface area contributed by atoms with Crippen LogP contribution in [0.2, 0.25) is 0 Å². The molecule has 0 spiro atoms. The van der Waals surface area contributed by atoms with E-state index in [-0.39, 0.29) is 12.1 Å². The summed E-state index contributed by atoms with van der Waals surface area (Å²) in [6, 6.07) is 8.75. The predicted molar refractivity (Wildman–Crippen MR) is 64.3 cm³/mol. The fourth-order valence-corrected chi connectivity index (χ4v) is 1.80. The van der Waals surface area contributed by atoms with Gasteiger partial charge in [0.25, 0.3) is 0 Å². The van der Waals surface area contributed by atoms with Gasteiger partial charge in [-0.15, -0.1) is 0 Å². The molecule has 0 saturated carbocycles. The number of anilines is 1. The molecule has 17 heavy (non-hydrogen) atoms. The third-order valence-corrected chi connectivity index (χ3v) is 2.78. The maximum Gasteiger partial charge on any atom is 0.321 e. The SMILES string of the molecule is N#Cc1ccc(NC(=O)N2CC[C@@H](N)C2)cc1. The number of rotatable bonds is 1. The number of nitriles is 1. The molecule has 1 heterocycles. The molecule has 5 heteroatoms. The molecule has 1 fully saturated rings. The maximum absolute atomic E-state index is 11.8. The first-order chi connectivity index (χ1) is 8.19. The van der Waals surface area contributed by atoms with Crippen molar-refractivity contribution in [3.8, 4) is 6.07 Å². The highest BCUT2D eigenvalue weighted by atomic mass is 16.2. The number of benzene rings is 1. The van der Waals surface area contributed by atoms with Gasteiger partial charge >= 0.3 is 6.03 Å². The number of nitrogens with zero attached hydrogens (tertiary/aromatic N) is 2. The van der Waals surface area contributed by atoms with Gasteiger partial charge in [-0.05, 0) is 30.7 Å². The lowest BCUT2D eigenvalue weighted by molar-refractivity contribution is 0.222. The van der Waals surface area contributed by atoms with E-state index in [1.54, 1.807) is 29.2 Å². The Labute approximate surface area is 99.8 Å². The van der Waals surface area contributed by atoms with E-state index in [4.69, 9.17) is 11.0 Å². The second-order valence-electron chi connectivity index (χ2n) is 4.11. The molecule has 5 nitrogen and oxygen atoms in total. The van der Waals surface area contributed by atoms with Gasteiger partial charge in [0.05, 0.1) is 11.6 Å². The van der Waals surface area contributed by atoms with Gasteiger partial charge in [-0.25, -0.2) is 4.79 Å². The summed E-state index contributed by atoms with van der Waals surface area (Å²) >= 11 is 0. The third-order valence-electron chi connectivity index (χ3n) is 2.78. The molecule has 0 radical (unpaired) electrons. The second-order valence-corrected chi connectivity index (χ2v) is 4.11. The fraction of sp³-hybridized carbons (Fsp3) is 0.333. The molecule has 0 bridgehead atoms. The summed E-state index contributed by atoms with van der Waals surface area (Å²) in [4.78, 5) is 13.5. The van der Waals surface area contributed by atoms with E-state index >= 15 is 0 Å². The molecule has 88 valence electrons. The molecule has 0 unspecified atom stereocenters. The maximum atomic E-state index is 11.8. The van der Waals surface area contributed by atoms with Crippen molar-refractivity contribution >= 4 is 11.7 Å². The van der Waals surface area contributed by atoms with Crippen molar-refractivity contribution in [2.45, 2.75) is 12.5 Å². The van der Waals surface area contributed by atoms with Crippen LogP contribution in [0.5, 0.6) is 0 Å². The van der Waals surface area contributed by atoms with Crippen molar-refractivity contribution in [2.75, 3.05) is 18.4 Å². The van der Waals surface area contributed by atoms with Crippen LogP contribution in [0.4, 0.5) is 10.5 Å². The summed E-state index contributed by atoms with van der Waals surface area (Å²) in [5.41, 5.74) is 7.00. The first kappa shape index (κ1) is 11.4. The van der Waals surface area contributed by atoms with Gasteiger partial charge in [0.2, 0.25) is 0 Å². The van der Waals surface area contributed by atoms with E-state index in [0.717, 1.165) is 6.42 Å². The summed E-state index contributed by atoms with van der Waals surface area (Å²) in [7, 11) is 0. The van der Waals surface area contributed by atoms with Crippen molar-refractivity contribution < 1.29 is 4.79 Å². The lowest BCUT2D eigenvalue weighted by atomic mass is 10.2. The fourth-order valence-electron chi connectivity index (χ4n) is 1.80. The predicted octanol–water partition coefficient (Wildman–Crippen LogP) is 1.12. The van der Waals surface area contributed by atoms with Crippen LogP contribution in [0.3, 0.4) is 0 Å². The lowest BCUT2D eigenvalue weighted by Gasteiger charge is -2.16. The molecule has 2 rings (SSSR count). The average molecular weight is 230 g/mol. The van der Waals surface area contributed by atoms with Gasteiger partial charge in [0, 0.05) is 24.8 Å². The van der Waals surface area contributed by atoms with Crippen LogP contribution in [0.15, 0.2) is 24.3 Å². The number of hydrogen-bond donors (Lipinski definition) is 2. The highest BCUT2D eigenvalue weighted by molar-refractivity contribution is 5.89. The molecule has 3 N–H and O–H groups in total. The minimum atomic E-state index is -0.136. The quantitative estimate of drug-likeness (QED) is 0.758. The van der Waals surface area contributed by atoms with Crippen LogP contribution in [-0.4, -0.2) is 30.1 Å². The minimum Gasteiger partial charge on any atom is -0.326 e. The topological polar surface area (TPSA) is 82.2 Å². The molecule has 1 aromatic rings. The standard InChI is InChI=1S/C12H14N4O/c13-7-9-1-3-11(4-2-9)15-12(17)16-6-5-10(14)8-16/h1-4,10H,5-6,8,14H2,(H,15,17)/t10-/m1/s1. The Kier molecular flexibility index (Phi) is 3.26. The molecular weight excluding hydrogens is 216 g/mol. The summed E-state index contributed by atoms with van der Waals surface area (Å²) in [5, 5.41) is 11.4. The lowest BCUT2D eigenvalue weighted by Crippen LogP contribution is -2.35. The minimum absolute atomic E-state index is 0.0849. The van der Waals surface area contributed by atoms with Crippen LogP contribution in [-0.2, 0) is 0 Å². The number of nitrogens with one attached hydrogen (secondary N) is 1. The van der Waals surface area contributed by atoms with Crippen LogP contribution in [0, 0.1) is 11.3 Å². The highest BCUT2D eigenvalue weighted by Gasteiger charge is 2.23. The van der Waals surface area contributed by atoms with Gasteiger partial charge in [-0.3, -0.25) is 0 Å². The number of urea groups is 1. The summed E-state index contributed by atoms with van der Waals surface area (Å²) in [5.74, 6) is 0. The zero-order chi connectivity index (χ0) is 12.3. The van der Waals surface area contributed by atoms with Gasteiger partial charge in [-0.2, -0.15) is 5.26 Å². The van der Waals surface area contributed by atoms with Crippen LogP contribution >= 0.6 is 0 Å². The van der Waals surface area contributed by atoms with Crippen molar-refractivity contribution in [1.29, 1.82) is 5.26 Å². The zero-order valence-electron chi connectivity index (χ0n) is 9.39. The van der Waals surface area contributed by atoms with E-state index in [1.807, 2.05) is 6.07 Å². The Morgan fingerprint density at radius 2 is 2.18 bits per heavy atom. The highest BCUT2D eigenvalue weighted by Crippen LogP contribution is 2.12. The second kappa shape index (κ2) is 4.85. The van der Waals surface area contributed by atoms with Crippen molar-refractivity contribution in [3.63, 3.8) is 0 Å². The molecule has 1 saturated heterocycles. The number of amides is 2. The smallest absolute Gasteiger partial charge is 0.321 e.